The fraction of sp³-hybridized carbons (Fsp3) is 0.250. The number of fused-ring (bicyclic) bond motifs is 1. The maximum Gasteiger partial charge on any atom is 0.219 e. The molecule has 84 valence electrons. The van der Waals surface area contributed by atoms with Crippen molar-refractivity contribution in [2.24, 2.45) is 0 Å². The lowest BCUT2D eigenvalue weighted by atomic mass is 10.1. The van der Waals surface area contributed by atoms with Gasteiger partial charge in [0.2, 0.25) is 5.88 Å². The third-order valence-electron chi connectivity index (χ3n) is 2.42. The average Bonchev–Trinajstić information content (AvgIpc) is 2.36. The van der Waals surface area contributed by atoms with E-state index in [2.05, 4.69) is 4.98 Å². The van der Waals surface area contributed by atoms with Crippen LogP contribution < -0.4 is 4.74 Å². The monoisotopic (exact) mass is 221 g/mol. The summed E-state index contributed by atoms with van der Waals surface area (Å²) in [4.78, 5) is 4.21. The first-order chi connectivity index (χ1) is 7.76. The zero-order chi connectivity index (χ0) is 11.5. The predicted molar refractivity (Wildman–Crippen MR) is 59.2 cm³/mol. The van der Waals surface area contributed by atoms with Crippen molar-refractivity contribution < 1.29 is 14.2 Å². The highest BCUT2D eigenvalue weighted by Gasteiger charge is 2.15. The molecule has 0 saturated carbocycles. The number of benzene rings is 1. The molecule has 0 radical (unpaired) electrons. The highest BCUT2D eigenvalue weighted by molar-refractivity contribution is 5.80. The van der Waals surface area contributed by atoms with Gasteiger partial charge in [-0.15, -0.1) is 0 Å². The van der Waals surface area contributed by atoms with Crippen LogP contribution in [-0.4, -0.2) is 23.9 Å². The number of methoxy groups -OCH3 is 1. The van der Waals surface area contributed by atoms with E-state index in [1.165, 1.54) is 7.11 Å². The molecule has 0 aliphatic carbocycles. The molecule has 3 nitrogen and oxygen atoms in total. The molecule has 0 fully saturated rings. The molecule has 2 aromatic rings. The molecule has 0 bridgehead atoms. The van der Waals surface area contributed by atoms with Crippen molar-refractivity contribution in [3.05, 3.63) is 35.9 Å². The number of aliphatic hydroxyl groups excluding tert-OH is 1. The van der Waals surface area contributed by atoms with Crippen molar-refractivity contribution >= 4 is 10.9 Å². The van der Waals surface area contributed by atoms with E-state index in [1.807, 2.05) is 24.3 Å². The first kappa shape index (κ1) is 10.8. The largest absolute Gasteiger partial charge is 0.481 e. The molecule has 0 aliphatic heterocycles. The van der Waals surface area contributed by atoms with E-state index < -0.39 is 12.8 Å². The van der Waals surface area contributed by atoms with Crippen LogP contribution in [0.15, 0.2) is 30.3 Å². The van der Waals surface area contributed by atoms with Crippen LogP contribution in [-0.2, 0) is 0 Å². The Bertz CT molecular complexity index is 501. The summed E-state index contributed by atoms with van der Waals surface area (Å²) in [6.45, 7) is -0.851. The van der Waals surface area contributed by atoms with Gasteiger partial charge in [-0.1, -0.05) is 18.2 Å². The van der Waals surface area contributed by atoms with Crippen LogP contribution in [0.4, 0.5) is 4.39 Å². The fourth-order valence-electron chi connectivity index (χ4n) is 1.60. The van der Waals surface area contributed by atoms with Crippen molar-refractivity contribution in [2.75, 3.05) is 13.8 Å². The number of hydrogen-bond acceptors (Lipinski definition) is 3. The Morgan fingerprint density at radius 2 is 2.19 bits per heavy atom. The smallest absolute Gasteiger partial charge is 0.219 e. The molecule has 1 atom stereocenters. The number of aromatic nitrogens is 1. The summed E-state index contributed by atoms with van der Waals surface area (Å²) in [5.41, 5.74) is 1.14. The van der Waals surface area contributed by atoms with Crippen LogP contribution in [0.5, 0.6) is 5.88 Å². The van der Waals surface area contributed by atoms with Crippen LogP contribution in [0.2, 0.25) is 0 Å². The molecule has 0 saturated heterocycles. The van der Waals surface area contributed by atoms with E-state index in [0.29, 0.717) is 5.56 Å². The van der Waals surface area contributed by atoms with Gasteiger partial charge < -0.3 is 9.84 Å². The second-order valence-corrected chi connectivity index (χ2v) is 3.45. The molecular formula is C12H12FNO2. The zero-order valence-electron chi connectivity index (χ0n) is 8.85. The minimum atomic E-state index is -1.19. The van der Waals surface area contributed by atoms with Gasteiger partial charge >= 0.3 is 0 Å². The Hall–Kier alpha value is -1.68. The molecule has 1 aromatic heterocycles. The minimum Gasteiger partial charge on any atom is -0.481 e. The molecule has 1 N–H and O–H groups in total. The van der Waals surface area contributed by atoms with Crippen LogP contribution >= 0.6 is 0 Å². The van der Waals surface area contributed by atoms with E-state index in [9.17, 15) is 9.50 Å². The summed E-state index contributed by atoms with van der Waals surface area (Å²) in [6, 6.07) is 9.12. The Morgan fingerprint density at radius 3 is 2.88 bits per heavy atom. The number of para-hydroxylation sites is 1. The van der Waals surface area contributed by atoms with Crippen molar-refractivity contribution in [3.8, 4) is 5.88 Å². The molecule has 1 aromatic carbocycles. The normalized spacial score (nSPS) is 12.7. The van der Waals surface area contributed by atoms with E-state index in [1.54, 1.807) is 6.07 Å². The van der Waals surface area contributed by atoms with Crippen LogP contribution in [0, 0.1) is 0 Å². The SMILES string of the molecule is COc1nc2ccccc2cc1C(O)CF. The second kappa shape index (κ2) is 4.45. The summed E-state index contributed by atoms with van der Waals surface area (Å²) in [5, 5.41) is 10.4. The third kappa shape index (κ3) is 1.84. The van der Waals surface area contributed by atoms with Crippen molar-refractivity contribution in [2.45, 2.75) is 6.10 Å². The summed E-state index contributed by atoms with van der Waals surface area (Å²) >= 11 is 0. The Morgan fingerprint density at radius 1 is 1.44 bits per heavy atom. The first-order valence-corrected chi connectivity index (χ1v) is 4.94. The molecule has 0 amide bonds. The van der Waals surface area contributed by atoms with Gasteiger partial charge in [0.15, 0.2) is 0 Å². The number of alkyl halides is 1. The highest BCUT2D eigenvalue weighted by Crippen LogP contribution is 2.27. The lowest BCUT2D eigenvalue weighted by Crippen LogP contribution is -2.04. The maximum absolute atomic E-state index is 12.5. The fourth-order valence-corrected chi connectivity index (χ4v) is 1.60. The molecule has 0 spiro atoms. The van der Waals surface area contributed by atoms with Crippen LogP contribution in [0.1, 0.15) is 11.7 Å². The lowest BCUT2D eigenvalue weighted by molar-refractivity contribution is 0.138. The topological polar surface area (TPSA) is 42.4 Å². The summed E-state index contributed by atoms with van der Waals surface area (Å²) < 4.78 is 17.5. The Kier molecular flexibility index (Phi) is 3.01. The van der Waals surface area contributed by atoms with Gasteiger partial charge in [0, 0.05) is 10.9 Å². The molecular weight excluding hydrogens is 209 g/mol. The summed E-state index contributed by atoms with van der Waals surface area (Å²) in [7, 11) is 1.45. The van der Waals surface area contributed by atoms with Gasteiger partial charge in [0.1, 0.15) is 12.8 Å². The van der Waals surface area contributed by atoms with Gasteiger partial charge in [-0.25, -0.2) is 9.37 Å². The van der Waals surface area contributed by atoms with Gasteiger partial charge in [0.25, 0.3) is 0 Å². The molecule has 4 heteroatoms. The van der Waals surface area contributed by atoms with E-state index in [0.717, 1.165) is 10.9 Å². The molecule has 2 rings (SSSR count). The van der Waals surface area contributed by atoms with Gasteiger partial charge in [-0.05, 0) is 12.1 Å². The second-order valence-electron chi connectivity index (χ2n) is 3.45. The number of ether oxygens (including phenoxy) is 1. The van der Waals surface area contributed by atoms with Crippen LogP contribution in [0.3, 0.4) is 0 Å². The zero-order valence-corrected chi connectivity index (χ0v) is 8.85. The molecule has 0 aliphatic rings. The van der Waals surface area contributed by atoms with Gasteiger partial charge in [0.05, 0.1) is 12.6 Å². The number of hydrogen-bond donors (Lipinski definition) is 1. The Labute approximate surface area is 92.5 Å². The van der Waals surface area contributed by atoms with E-state index in [-0.39, 0.29) is 5.88 Å². The van der Waals surface area contributed by atoms with E-state index in [4.69, 9.17) is 4.74 Å². The maximum atomic E-state index is 12.5. The highest BCUT2D eigenvalue weighted by atomic mass is 19.1. The predicted octanol–water partition coefficient (Wildman–Crippen LogP) is 2.25. The Balaban J connectivity index is 2.62. The van der Waals surface area contributed by atoms with Crippen molar-refractivity contribution in [1.29, 1.82) is 0 Å². The summed E-state index contributed by atoms with van der Waals surface area (Å²) in [5.74, 6) is 0.267. The average molecular weight is 221 g/mol. The molecule has 16 heavy (non-hydrogen) atoms. The lowest BCUT2D eigenvalue weighted by Gasteiger charge is -2.12. The van der Waals surface area contributed by atoms with Gasteiger partial charge in [-0.3, -0.25) is 0 Å². The minimum absolute atomic E-state index is 0.267. The van der Waals surface area contributed by atoms with Crippen molar-refractivity contribution in [1.82, 2.24) is 4.98 Å². The number of pyridine rings is 1. The standard InChI is InChI=1S/C12H12FNO2/c1-16-12-9(11(15)7-13)6-8-4-2-3-5-10(8)14-12/h2-6,11,15H,7H2,1H3. The summed E-state index contributed by atoms with van der Waals surface area (Å²) in [6.07, 6.45) is -1.19. The first-order valence-electron chi connectivity index (χ1n) is 4.94. The molecule has 1 unspecified atom stereocenters. The number of nitrogens with zero attached hydrogens (tertiary/aromatic N) is 1. The number of rotatable bonds is 3. The quantitative estimate of drug-likeness (QED) is 0.864. The number of aliphatic hydroxyl groups is 1. The van der Waals surface area contributed by atoms with Gasteiger partial charge in [-0.2, -0.15) is 0 Å². The molecule has 1 heterocycles. The third-order valence-corrected chi connectivity index (χ3v) is 2.42. The number of halogens is 1. The van der Waals surface area contributed by atoms with Crippen LogP contribution in [0.25, 0.3) is 10.9 Å². The van der Waals surface area contributed by atoms with Crippen molar-refractivity contribution in [3.63, 3.8) is 0 Å². The van der Waals surface area contributed by atoms with E-state index >= 15 is 0 Å².